The maximum Gasteiger partial charge on any atom is 0.269 e. The van der Waals surface area contributed by atoms with Crippen LogP contribution in [0.25, 0.3) is 17.3 Å². The van der Waals surface area contributed by atoms with Crippen LogP contribution < -0.4 is 5.32 Å². The molecule has 0 spiro atoms. The Kier molecular flexibility index (Phi) is 5.58. The minimum atomic E-state index is -0.592. The number of hydrogen-bond donors (Lipinski definition) is 1. The quantitative estimate of drug-likeness (QED) is 0.297. The molecule has 0 unspecified atom stereocenters. The molecule has 1 heterocycles. The van der Waals surface area contributed by atoms with E-state index in [1.807, 2.05) is 42.6 Å². The maximum absolute atomic E-state index is 12.4. The summed E-state index contributed by atoms with van der Waals surface area (Å²) in [4.78, 5) is 26.9. The molecule has 3 aromatic rings. The van der Waals surface area contributed by atoms with E-state index in [-0.39, 0.29) is 11.3 Å². The first-order valence-corrected chi connectivity index (χ1v) is 9.04. The third kappa shape index (κ3) is 4.47. The van der Waals surface area contributed by atoms with Gasteiger partial charge in [-0.1, -0.05) is 29.8 Å². The van der Waals surface area contributed by atoms with Crippen LogP contribution in [0, 0.1) is 28.4 Å². The van der Waals surface area contributed by atoms with Crippen molar-refractivity contribution in [2.45, 2.75) is 6.92 Å². The lowest BCUT2D eigenvalue weighted by molar-refractivity contribution is -0.384. The molecule has 3 rings (SSSR count). The summed E-state index contributed by atoms with van der Waals surface area (Å²) < 4.78 is 0. The monoisotopic (exact) mass is 390 g/mol. The number of carbonyl (C=O) groups excluding carboxylic acids is 1. The van der Waals surface area contributed by atoms with Gasteiger partial charge in [-0.3, -0.25) is 20.2 Å². The molecule has 0 aliphatic rings. The van der Waals surface area contributed by atoms with Crippen molar-refractivity contribution in [2.75, 3.05) is 5.32 Å². The number of nitriles is 1. The molecule has 2 aromatic carbocycles. The van der Waals surface area contributed by atoms with Crippen LogP contribution in [-0.4, -0.2) is 15.8 Å². The summed E-state index contributed by atoms with van der Waals surface area (Å²) in [6.45, 7) is 2.00. The molecule has 0 saturated heterocycles. The van der Waals surface area contributed by atoms with E-state index in [9.17, 15) is 20.2 Å². The van der Waals surface area contributed by atoms with E-state index in [2.05, 4.69) is 10.3 Å². The minimum absolute atomic E-state index is 0.0634. The summed E-state index contributed by atoms with van der Waals surface area (Å²) in [7, 11) is 0. The van der Waals surface area contributed by atoms with Crippen molar-refractivity contribution in [3.8, 4) is 17.3 Å². The fourth-order valence-corrected chi connectivity index (χ4v) is 3.07. The second-order valence-corrected chi connectivity index (χ2v) is 6.73. The summed E-state index contributed by atoms with van der Waals surface area (Å²) in [5.74, 6) is -0.592. The predicted molar refractivity (Wildman–Crippen MR) is 108 cm³/mol. The molecule has 1 aromatic heterocycles. The minimum Gasteiger partial charge on any atom is -0.297 e. The van der Waals surface area contributed by atoms with Crippen LogP contribution in [0.1, 0.15) is 11.1 Å². The Bertz CT molecular complexity index is 1090. The molecule has 0 fully saturated rings. The Balaban J connectivity index is 1.74. The third-order valence-corrected chi connectivity index (χ3v) is 4.61. The average Bonchev–Trinajstić information content (AvgIpc) is 3.15. The van der Waals surface area contributed by atoms with Crippen LogP contribution >= 0.6 is 11.3 Å². The van der Waals surface area contributed by atoms with Gasteiger partial charge < -0.3 is 0 Å². The van der Waals surface area contributed by atoms with Gasteiger partial charge in [-0.15, -0.1) is 11.3 Å². The lowest BCUT2D eigenvalue weighted by Crippen LogP contribution is -2.13. The highest BCUT2D eigenvalue weighted by Crippen LogP contribution is 2.25. The van der Waals surface area contributed by atoms with E-state index in [0.717, 1.165) is 16.8 Å². The highest BCUT2D eigenvalue weighted by molar-refractivity contribution is 7.14. The lowest BCUT2D eigenvalue weighted by Gasteiger charge is -2.01. The van der Waals surface area contributed by atoms with Crippen LogP contribution in [-0.2, 0) is 4.79 Å². The standard InChI is InChI=1S/C20H14N4O3S/c1-13-2-6-15(7-3-13)18-12-28-20(22-18)23-19(25)16(11-21)10-14-4-8-17(9-5-14)24(26)27/h2-10,12H,1H3,(H,22,23,25). The normalized spacial score (nSPS) is 10.9. The number of benzene rings is 2. The van der Waals surface area contributed by atoms with E-state index in [4.69, 9.17) is 0 Å². The number of aromatic nitrogens is 1. The van der Waals surface area contributed by atoms with E-state index in [1.165, 1.54) is 41.7 Å². The molecule has 0 aliphatic carbocycles. The molecular weight excluding hydrogens is 376 g/mol. The summed E-state index contributed by atoms with van der Waals surface area (Å²) in [5.41, 5.74) is 3.13. The zero-order chi connectivity index (χ0) is 20.1. The van der Waals surface area contributed by atoms with E-state index in [1.54, 1.807) is 0 Å². The fraction of sp³-hybridized carbons (Fsp3) is 0.0500. The van der Waals surface area contributed by atoms with Gasteiger partial charge in [0, 0.05) is 23.1 Å². The molecule has 8 heteroatoms. The number of nitrogens with zero attached hydrogens (tertiary/aromatic N) is 3. The number of rotatable bonds is 5. The van der Waals surface area contributed by atoms with Gasteiger partial charge in [0.25, 0.3) is 11.6 Å². The molecule has 1 N–H and O–H groups in total. The number of nitrogens with one attached hydrogen (secondary N) is 1. The van der Waals surface area contributed by atoms with Crippen molar-refractivity contribution in [3.63, 3.8) is 0 Å². The fourth-order valence-electron chi connectivity index (χ4n) is 2.36. The number of non-ortho nitro benzene ring substituents is 1. The Morgan fingerprint density at radius 2 is 1.89 bits per heavy atom. The summed E-state index contributed by atoms with van der Waals surface area (Å²) in [6, 6.07) is 15.3. The second kappa shape index (κ2) is 8.24. The molecule has 7 nitrogen and oxygen atoms in total. The van der Waals surface area contributed by atoms with Gasteiger partial charge in [0.05, 0.1) is 10.6 Å². The SMILES string of the molecule is Cc1ccc(-c2csc(NC(=O)C(C#N)=Cc3ccc([N+](=O)[O-])cc3)n2)cc1. The smallest absolute Gasteiger partial charge is 0.269 e. The van der Waals surface area contributed by atoms with Crippen molar-refractivity contribution in [1.82, 2.24) is 4.98 Å². The van der Waals surface area contributed by atoms with Crippen LogP contribution in [0.5, 0.6) is 0 Å². The van der Waals surface area contributed by atoms with Gasteiger partial charge in [-0.25, -0.2) is 4.98 Å². The van der Waals surface area contributed by atoms with Crippen molar-refractivity contribution in [1.29, 1.82) is 5.26 Å². The molecule has 0 saturated carbocycles. The van der Waals surface area contributed by atoms with Crippen LogP contribution in [0.15, 0.2) is 59.5 Å². The molecule has 1 amide bonds. The van der Waals surface area contributed by atoms with E-state index < -0.39 is 10.8 Å². The topological polar surface area (TPSA) is 109 Å². The molecule has 0 radical (unpaired) electrons. The Morgan fingerprint density at radius 1 is 1.21 bits per heavy atom. The first kappa shape index (κ1) is 18.9. The van der Waals surface area contributed by atoms with Crippen LogP contribution in [0.4, 0.5) is 10.8 Å². The highest BCUT2D eigenvalue weighted by Gasteiger charge is 2.13. The molecule has 0 atom stereocenters. The lowest BCUT2D eigenvalue weighted by atomic mass is 10.1. The second-order valence-electron chi connectivity index (χ2n) is 5.88. The zero-order valence-electron chi connectivity index (χ0n) is 14.7. The molecule has 28 heavy (non-hydrogen) atoms. The first-order chi connectivity index (χ1) is 13.5. The third-order valence-electron chi connectivity index (χ3n) is 3.85. The average molecular weight is 390 g/mol. The van der Waals surface area contributed by atoms with E-state index >= 15 is 0 Å². The zero-order valence-corrected chi connectivity index (χ0v) is 15.6. The van der Waals surface area contributed by atoms with Gasteiger partial charge in [-0.05, 0) is 30.7 Å². The van der Waals surface area contributed by atoms with Gasteiger partial charge in [0.2, 0.25) is 0 Å². The van der Waals surface area contributed by atoms with Gasteiger partial charge >= 0.3 is 0 Å². The van der Waals surface area contributed by atoms with Crippen molar-refractivity contribution >= 4 is 34.1 Å². The number of anilines is 1. The number of carbonyl (C=O) groups is 1. The molecule has 0 bridgehead atoms. The number of nitro benzene ring substituents is 1. The largest absolute Gasteiger partial charge is 0.297 e. The molecular formula is C20H14N4O3S. The van der Waals surface area contributed by atoms with Crippen molar-refractivity contribution in [3.05, 3.63) is 80.7 Å². The summed E-state index contributed by atoms with van der Waals surface area (Å²) in [5, 5.41) is 24.8. The Hall–Kier alpha value is -3.83. The van der Waals surface area contributed by atoms with Crippen molar-refractivity contribution in [2.24, 2.45) is 0 Å². The highest BCUT2D eigenvalue weighted by atomic mass is 32.1. The summed E-state index contributed by atoms with van der Waals surface area (Å²) >= 11 is 1.26. The van der Waals surface area contributed by atoms with E-state index in [0.29, 0.717) is 10.7 Å². The predicted octanol–water partition coefficient (Wildman–Crippen LogP) is 4.57. The number of aryl methyl sites for hydroxylation is 1. The van der Waals surface area contributed by atoms with Gasteiger partial charge in [-0.2, -0.15) is 5.26 Å². The molecule has 138 valence electrons. The number of amides is 1. The van der Waals surface area contributed by atoms with Gasteiger partial charge in [0.15, 0.2) is 5.13 Å². The first-order valence-electron chi connectivity index (χ1n) is 8.16. The van der Waals surface area contributed by atoms with Gasteiger partial charge in [0.1, 0.15) is 11.6 Å². The maximum atomic E-state index is 12.4. The van der Waals surface area contributed by atoms with Crippen LogP contribution in [0.2, 0.25) is 0 Å². The number of thiazole rings is 1. The Morgan fingerprint density at radius 3 is 2.50 bits per heavy atom. The number of hydrogen-bond acceptors (Lipinski definition) is 6. The molecule has 0 aliphatic heterocycles. The Labute approximate surface area is 164 Å². The summed E-state index contributed by atoms with van der Waals surface area (Å²) in [6.07, 6.45) is 1.37. The van der Waals surface area contributed by atoms with Crippen LogP contribution in [0.3, 0.4) is 0 Å². The van der Waals surface area contributed by atoms with Crippen molar-refractivity contribution < 1.29 is 9.72 Å². The number of nitro groups is 1.